The van der Waals surface area contributed by atoms with Gasteiger partial charge in [0, 0.05) is 31.9 Å². The fourth-order valence-corrected chi connectivity index (χ4v) is 3.67. The van der Waals surface area contributed by atoms with Crippen LogP contribution in [0.3, 0.4) is 0 Å². The van der Waals surface area contributed by atoms with Crippen molar-refractivity contribution in [3.8, 4) is 0 Å². The standard InChI is InChI=1S/C16H19N5O2/c22-15-6-5-14(20-9-2-4-13(15)20)16(23)19-8-1-3-12(11-19)21-10-7-17-18-21/h2,4,7,9-10,12,14H,1,3,5-6,8,11H2. The van der Waals surface area contributed by atoms with E-state index in [-0.39, 0.29) is 23.8 Å². The summed E-state index contributed by atoms with van der Waals surface area (Å²) >= 11 is 0. The van der Waals surface area contributed by atoms with E-state index in [1.165, 1.54) is 0 Å². The van der Waals surface area contributed by atoms with E-state index < -0.39 is 0 Å². The van der Waals surface area contributed by atoms with Crippen molar-refractivity contribution in [3.63, 3.8) is 0 Å². The molecule has 23 heavy (non-hydrogen) atoms. The Balaban J connectivity index is 1.53. The number of carbonyl (C=O) groups excluding carboxylic acids is 2. The van der Waals surface area contributed by atoms with Crippen LogP contribution in [0.25, 0.3) is 0 Å². The smallest absolute Gasteiger partial charge is 0.245 e. The molecule has 7 nitrogen and oxygen atoms in total. The number of piperidine rings is 1. The van der Waals surface area contributed by atoms with Crippen LogP contribution >= 0.6 is 0 Å². The Hall–Kier alpha value is -2.44. The van der Waals surface area contributed by atoms with Gasteiger partial charge in [-0.05, 0) is 31.4 Å². The molecule has 1 fully saturated rings. The first-order chi connectivity index (χ1) is 11.2. The van der Waals surface area contributed by atoms with Gasteiger partial charge in [-0.3, -0.25) is 9.59 Å². The number of aromatic nitrogens is 4. The first-order valence-electron chi connectivity index (χ1n) is 8.08. The lowest BCUT2D eigenvalue weighted by Crippen LogP contribution is -2.45. The van der Waals surface area contributed by atoms with E-state index >= 15 is 0 Å². The van der Waals surface area contributed by atoms with Gasteiger partial charge in [0.25, 0.3) is 0 Å². The molecule has 0 aromatic carbocycles. The van der Waals surface area contributed by atoms with E-state index in [1.807, 2.05) is 32.6 Å². The van der Waals surface area contributed by atoms with Gasteiger partial charge in [0.1, 0.15) is 6.04 Å². The number of carbonyl (C=O) groups is 2. The molecule has 2 aliphatic rings. The molecular formula is C16H19N5O2. The van der Waals surface area contributed by atoms with Crippen molar-refractivity contribution in [2.75, 3.05) is 13.1 Å². The highest BCUT2D eigenvalue weighted by Crippen LogP contribution is 2.29. The van der Waals surface area contributed by atoms with E-state index in [9.17, 15) is 9.59 Å². The van der Waals surface area contributed by atoms with Gasteiger partial charge in [0.15, 0.2) is 5.78 Å². The summed E-state index contributed by atoms with van der Waals surface area (Å²) in [6, 6.07) is 3.57. The molecule has 0 bridgehead atoms. The molecule has 0 saturated carbocycles. The van der Waals surface area contributed by atoms with Gasteiger partial charge in [0.05, 0.1) is 17.9 Å². The van der Waals surface area contributed by atoms with Crippen molar-refractivity contribution in [3.05, 3.63) is 36.4 Å². The number of rotatable bonds is 2. The average molecular weight is 313 g/mol. The highest BCUT2D eigenvalue weighted by molar-refractivity contribution is 5.97. The van der Waals surface area contributed by atoms with Gasteiger partial charge in [-0.1, -0.05) is 5.21 Å². The second-order valence-electron chi connectivity index (χ2n) is 6.24. The third-order valence-corrected chi connectivity index (χ3v) is 4.85. The fraction of sp³-hybridized carbons (Fsp3) is 0.500. The Morgan fingerprint density at radius 3 is 3.00 bits per heavy atom. The number of Topliss-reactive ketones (excluding diaryl/α,β-unsaturated/α-hetero) is 1. The minimum atomic E-state index is -0.257. The zero-order chi connectivity index (χ0) is 15.8. The third-order valence-electron chi connectivity index (χ3n) is 4.85. The Morgan fingerprint density at radius 2 is 2.17 bits per heavy atom. The SMILES string of the molecule is O=C1CCC(C(=O)N2CCCC(n3ccnn3)C2)n2cccc21. The topological polar surface area (TPSA) is 73.0 Å². The van der Waals surface area contributed by atoms with E-state index in [0.717, 1.165) is 19.4 Å². The molecule has 4 rings (SSSR count). The molecule has 2 aromatic heterocycles. The Labute approximate surface area is 133 Å². The normalized spacial score (nSPS) is 24.5. The van der Waals surface area contributed by atoms with Gasteiger partial charge >= 0.3 is 0 Å². The Bertz CT molecular complexity index is 721. The summed E-state index contributed by atoms with van der Waals surface area (Å²) in [6.45, 7) is 1.42. The highest BCUT2D eigenvalue weighted by Gasteiger charge is 2.34. The highest BCUT2D eigenvalue weighted by atomic mass is 16.2. The number of hydrogen-bond acceptors (Lipinski definition) is 4. The predicted molar refractivity (Wildman–Crippen MR) is 81.9 cm³/mol. The minimum absolute atomic E-state index is 0.111. The molecule has 0 radical (unpaired) electrons. The molecule has 0 spiro atoms. The molecule has 120 valence electrons. The van der Waals surface area contributed by atoms with Crippen molar-refractivity contribution >= 4 is 11.7 Å². The van der Waals surface area contributed by atoms with Crippen molar-refractivity contribution in [1.82, 2.24) is 24.5 Å². The Morgan fingerprint density at radius 1 is 1.26 bits per heavy atom. The lowest BCUT2D eigenvalue weighted by Gasteiger charge is -2.36. The average Bonchev–Trinajstić information content (AvgIpc) is 3.27. The van der Waals surface area contributed by atoms with Crippen LogP contribution in [0.1, 0.15) is 48.3 Å². The van der Waals surface area contributed by atoms with E-state index in [0.29, 0.717) is 25.1 Å². The van der Waals surface area contributed by atoms with Crippen molar-refractivity contribution in [1.29, 1.82) is 0 Å². The van der Waals surface area contributed by atoms with Crippen LogP contribution in [-0.4, -0.2) is 49.2 Å². The zero-order valence-corrected chi connectivity index (χ0v) is 12.8. The molecule has 0 aliphatic carbocycles. The van der Waals surface area contributed by atoms with Crippen LogP contribution in [0, 0.1) is 0 Å². The summed E-state index contributed by atoms with van der Waals surface area (Å²) in [5.41, 5.74) is 0.652. The van der Waals surface area contributed by atoms with Crippen LogP contribution in [-0.2, 0) is 4.79 Å². The summed E-state index contributed by atoms with van der Waals surface area (Å²) < 4.78 is 3.68. The maximum Gasteiger partial charge on any atom is 0.245 e. The maximum atomic E-state index is 13.0. The number of nitrogens with zero attached hydrogens (tertiary/aromatic N) is 5. The van der Waals surface area contributed by atoms with Gasteiger partial charge in [-0.25, -0.2) is 4.68 Å². The first-order valence-corrected chi connectivity index (χ1v) is 8.08. The number of ketones is 1. The van der Waals surface area contributed by atoms with E-state index in [4.69, 9.17) is 0 Å². The molecule has 1 amide bonds. The lowest BCUT2D eigenvalue weighted by molar-refractivity contribution is -0.136. The summed E-state index contributed by atoms with van der Waals surface area (Å²) in [6.07, 6.45) is 8.35. The molecule has 2 aromatic rings. The summed E-state index contributed by atoms with van der Waals surface area (Å²) in [5.74, 6) is 0.234. The second-order valence-corrected chi connectivity index (χ2v) is 6.24. The number of fused-ring (bicyclic) bond motifs is 1. The molecular weight excluding hydrogens is 294 g/mol. The molecule has 4 heterocycles. The van der Waals surface area contributed by atoms with Gasteiger partial charge in [-0.2, -0.15) is 0 Å². The summed E-state index contributed by atoms with van der Waals surface area (Å²) in [4.78, 5) is 26.8. The van der Waals surface area contributed by atoms with Crippen molar-refractivity contribution in [2.24, 2.45) is 0 Å². The van der Waals surface area contributed by atoms with Crippen LogP contribution < -0.4 is 0 Å². The maximum absolute atomic E-state index is 13.0. The van der Waals surface area contributed by atoms with Crippen LogP contribution in [0.15, 0.2) is 30.7 Å². The fourth-order valence-electron chi connectivity index (χ4n) is 3.67. The van der Waals surface area contributed by atoms with Gasteiger partial charge in [0.2, 0.25) is 5.91 Å². The second kappa shape index (κ2) is 5.64. The summed E-state index contributed by atoms with van der Waals surface area (Å²) in [7, 11) is 0. The van der Waals surface area contributed by atoms with Crippen molar-refractivity contribution < 1.29 is 9.59 Å². The molecule has 2 aliphatic heterocycles. The van der Waals surface area contributed by atoms with Gasteiger partial charge in [-0.15, -0.1) is 5.10 Å². The quantitative estimate of drug-likeness (QED) is 0.841. The predicted octanol–water partition coefficient (Wildman–Crippen LogP) is 1.46. The summed E-state index contributed by atoms with van der Waals surface area (Å²) in [5, 5.41) is 7.92. The number of likely N-dealkylation sites (tertiary alicyclic amines) is 1. The van der Waals surface area contributed by atoms with Crippen LogP contribution in [0.5, 0.6) is 0 Å². The molecule has 2 atom stereocenters. The molecule has 7 heteroatoms. The monoisotopic (exact) mass is 313 g/mol. The minimum Gasteiger partial charge on any atom is -0.339 e. The van der Waals surface area contributed by atoms with Gasteiger partial charge < -0.3 is 9.47 Å². The number of amides is 1. The molecule has 2 unspecified atom stereocenters. The van der Waals surface area contributed by atoms with Crippen LogP contribution in [0.2, 0.25) is 0 Å². The molecule has 0 N–H and O–H groups in total. The largest absolute Gasteiger partial charge is 0.339 e. The Kier molecular flexibility index (Phi) is 3.48. The van der Waals surface area contributed by atoms with E-state index in [1.54, 1.807) is 12.3 Å². The lowest BCUT2D eigenvalue weighted by atomic mass is 9.99. The van der Waals surface area contributed by atoms with Crippen LogP contribution in [0.4, 0.5) is 0 Å². The van der Waals surface area contributed by atoms with E-state index in [2.05, 4.69) is 10.3 Å². The first kappa shape index (κ1) is 14.2. The van der Waals surface area contributed by atoms with Crippen molar-refractivity contribution in [2.45, 2.75) is 37.8 Å². The third kappa shape index (κ3) is 2.46. The number of hydrogen-bond donors (Lipinski definition) is 0. The zero-order valence-electron chi connectivity index (χ0n) is 12.8. The molecule has 1 saturated heterocycles.